The molecule has 1 spiro atoms. The van der Waals surface area contributed by atoms with Crippen LogP contribution < -0.4 is 0 Å². The van der Waals surface area contributed by atoms with E-state index >= 15 is 0 Å². The van der Waals surface area contributed by atoms with Gasteiger partial charge in [-0.3, -0.25) is 14.4 Å². The second kappa shape index (κ2) is 7.57. The largest absolute Gasteiger partial charge is 0.342 e. The third kappa shape index (κ3) is 3.22. The summed E-state index contributed by atoms with van der Waals surface area (Å²) in [6.45, 7) is 5.90. The van der Waals surface area contributed by atoms with Gasteiger partial charge in [0.05, 0.1) is 5.41 Å². The van der Waals surface area contributed by atoms with Crippen molar-refractivity contribution in [1.82, 2.24) is 24.7 Å². The Hall–Kier alpha value is -2.51. The van der Waals surface area contributed by atoms with Gasteiger partial charge in [-0.2, -0.15) is 0 Å². The molecule has 3 amide bonds. The van der Waals surface area contributed by atoms with E-state index in [9.17, 15) is 14.4 Å². The van der Waals surface area contributed by atoms with Crippen LogP contribution in [-0.2, 0) is 9.59 Å². The van der Waals surface area contributed by atoms with Crippen molar-refractivity contribution >= 4 is 17.7 Å². The van der Waals surface area contributed by atoms with E-state index in [1.807, 2.05) is 14.7 Å². The third-order valence-electron chi connectivity index (χ3n) is 8.46. The highest BCUT2D eigenvalue weighted by atomic mass is 16.2. The van der Waals surface area contributed by atoms with Crippen LogP contribution >= 0.6 is 0 Å². The van der Waals surface area contributed by atoms with Gasteiger partial charge in [-0.25, -0.2) is 9.97 Å². The van der Waals surface area contributed by atoms with Gasteiger partial charge < -0.3 is 14.7 Å². The average molecular weight is 426 g/mol. The topological polar surface area (TPSA) is 86.7 Å². The van der Waals surface area contributed by atoms with Crippen LogP contribution in [0.1, 0.15) is 55.9 Å². The predicted octanol–water partition coefficient (Wildman–Crippen LogP) is 1.58. The molecular formula is C23H31N5O3. The Morgan fingerprint density at radius 2 is 1.71 bits per heavy atom. The first-order valence-corrected chi connectivity index (χ1v) is 11.6. The minimum Gasteiger partial charge on any atom is -0.342 e. The second-order valence-electron chi connectivity index (χ2n) is 9.86. The molecule has 1 aliphatic carbocycles. The van der Waals surface area contributed by atoms with Crippen LogP contribution in [0.4, 0.5) is 0 Å². The fraction of sp³-hybridized carbons (Fsp3) is 0.696. The quantitative estimate of drug-likeness (QED) is 0.718. The smallest absolute Gasteiger partial charge is 0.272 e. The monoisotopic (exact) mass is 425 g/mol. The van der Waals surface area contributed by atoms with Gasteiger partial charge in [-0.15, -0.1) is 0 Å². The molecule has 5 rings (SSSR count). The Bertz CT molecular complexity index is 876. The molecule has 4 aliphatic rings. The van der Waals surface area contributed by atoms with E-state index in [-0.39, 0.29) is 29.1 Å². The summed E-state index contributed by atoms with van der Waals surface area (Å²) in [7, 11) is 0. The van der Waals surface area contributed by atoms with E-state index < -0.39 is 5.41 Å². The molecule has 0 radical (unpaired) electrons. The number of piperidine rings is 1. The maximum absolute atomic E-state index is 13.7. The minimum atomic E-state index is -0.436. The molecule has 8 heteroatoms. The van der Waals surface area contributed by atoms with Gasteiger partial charge in [0.1, 0.15) is 12.0 Å². The van der Waals surface area contributed by atoms with Crippen molar-refractivity contribution in [2.24, 2.45) is 16.7 Å². The lowest BCUT2D eigenvalue weighted by Gasteiger charge is -2.44. The predicted molar refractivity (Wildman–Crippen MR) is 113 cm³/mol. The van der Waals surface area contributed by atoms with E-state index in [1.54, 1.807) is 19.2 Å². The number of likely N-dealkylation sites (tertiary alicyclic amines) is 3. The lowest BCUT2D eigenvalue weighted by Crippen LogP contribution is -2.50. The number of nitrogens with zero attached hydrogens (tertiary/aromatic N) is 5. The molecule has 166 valence electrons. The van der Waals surface area contributed by atoms with Crippen molar-refractivity contribution in [1.29, 1.82) is 0 Å². The Labute approximate surface area is 183 Å². The number of hydrogen-bond donors (Lipinski definition) is 0. The van der Waals surface area contributed by atoms with Crippen molar-refractivity contribution in [3.8, 4) is 0 Å². The van der Waals surface area contributed by atoms with Gasteiger partial charge >= 0.3 is 0 Å². The number of amides is 3. The summed E-state index contributed by atoms with van der Waals surface area (Å²) >= 11 is 0. The zero-order valence-electron chi connectivity index (χ0n) is 18.3. The zero-order chi connectivity index (χ0) is 21.6. The van der Waals surface area contributed by atoms with Crippen LogP contribution in [-0.4, -0.2) is 81.7 Å². The van der Waals surface area contributed by atoms with E-state index in [4.69, 9.17) is 0 Å². The number of hydrogen-bond acceptors (Lipinski definition) is 5. The first-order valence-electron chi connectivity index (χ1n) is 11.6. The maximum Gasteiger partial charge on any atom is 0.272 e. The van der Waals surface area contributed by atoms with E-state index in [2.05, 4.69) is 9.97 Å². The first-order chi connectivity index (χ1) is 15.0. The van der Waals surface area contributed by atoms with Gasteiger partial charge in [0.25, 0.3) is 5.91 Å². The normalized spacial score (nSPS) is 29.5. The van der Waals surface area contributed by atoms with Crippen LogP contribution in [0.5, 0.6) is 0 Å². The number of aromatic nitrogens is 2. The van der Waals surface area contributed by atoms with E-state index in [0.717, 1.165) is 51.6 Å². The Morgan fingerprint density at radius 1 is 0.968 bits per heavy atom. The molecule has 4 fully saturated rings. The summed E-state index contributed by atoms with van der Waals surface area (Å²) in [5.74, 6) is 0.476. The lowest BCUT2D eigenvalue weighted by molar-refractivity contribution is -0.143. The first kappa shape index (κ1) is 20.4. The molecule has 8 nitrogen and oxygen atoms in total. The van der Waals surface area contributed by atoms with Crippen LogP contribution in [0.15, 0.2) is 18.6 Å². The minimum absolute atomic E-state index is 0.0298. The lowest BCUT2D eigenvalue weighted by atomic mass is 9.65. The molecule has 4 heterocycles. The van der Waals surface area contributed by atoms with Crippen LogP contribution in [0.3, 0.4) is 0 Å². The number of fused-ring (bicyclic) bond motifs is 2. The number of rotatable bonds is 2. The fourth-order valence-electron chi connectivity index (χ4n) is 6.72. The van der Waals surface area contributed by atoms with Crippen molar-refractivity contribution in [3.63, 3.8) is 0 Å². The molecule has 3 aliphatic heterocycles. The molecule has 1 aromatic rings. The number of carbonyl (C=O) groups excluding carboxylic acids is 3. The molecule has 3 saturated heterocycles. The van der Waals surface area contributed by atoms with Gasteiger partial charge in [-0.1, -0.05) is 0 Å². The summed E-state index contributed by atoms with van der Waals surface area (Å²) < 4.78 is 0. The number of carbonyl (C=O) groups is 3. The summed E-state index contributed by atoms with van der Waals surface area (Å²) in [5, 5.41) is 0. The summed E-state index contributed by atoms with van der Waals surface area (Å²) in [4.78, 5) is 52.7. The van der Waals surface area contributed by atoms with Crippen LogP contribution in [0.2, 0.25) is 0 Å². The van der Waals surface area contributed by atoms with Crippen LogP contribution in [0.25, 0.3) is 0 Å². The standard InChI is InChI=1S/C23H31N5O3/c1-17(29)28-14-19-22(5-6-23(19,15-28)21(31)27-10-2-3-11-27)7-12-26(13-8-22)20(30)18-4-9-24-16-25-18/h4,9,16,19H,2-3,5-8,10-15H2,1H3/t19-,23+/m0/s1. The Kier molecular flexibility index (Phi) is 4.98. The molecule has 1 aromatic heterocycles. The fourth-order valence-corrected chi connectivity index (χ4v) is 6.72. The summed E-state index contributed by atoms with van der Waals surface area (Å²) in [6, 6.07) is 1.66. The Balaban J connectivity index is 1.36. The van der Waals surface area contributed by atoms with Crippen molar-refractivity contribution < 1.29 is 14.4 Å². The summed E-state index contributed by atoms with van der Waals surface area (Å²) in [6.07, 6.45) is 8.79. The highest BCUT2D eigenvalue weighted by Gasteiger charge is 2.65. The van der Waals surface area contributed by atoms with Gasteiger partial charge in [0.15, 0.2) is 0 Å². The van der Waals surface area contributed by atoms with Gasteiger partial charge in [0.2, 0.25) is 11.8 Å². The van der Waals surface area contributed by atoms with Crippen molar-refractivity contribution in [2.75, 3.05) is 39.3 Å². The molecular weight excluding hydrogens is 394 g/mol. The highest BCUT2D eigenvalue weighted by molar-refractivity contribution is 5.92. The van der Waals surface area contributed by atoms with Crippen molar-refractivity contribution in [2.45, 2.75) is 45.4 Å². The summed E-state index contributed by atoms with van der Waals surface area (Å²) in [5.41, 5.74) is 0.0243. The van der Waals surface area contributed by atoms with Gasteiger partial charge in [-0.05, 0) is 55.9 Å². The SMILES string of the molecule is CC(=O)N1C[C@H]2C3(CCN(C(=O)c4ccncn4)CC3)CC[C@@]2(C(=O)N2CCCC2)C1. The maximum atomic E-state index is 13.7. The molecule has 0 bridgehead atoms. The van der Waals surface area contributed by atoms with E-state index in [0.29, 0.717) is 31.9 Å². The molecule has 2 atom stereocenters. The van der Waals surface area contributed by atoms with E-state index in [1.165, 1.54) is 6.33 Å². The molecule has 1 saturated carbocycles. The average Bonchev–Trinajstić information content (AvgIpc) is 3.52. The highest BCUT2D eigenvalue weighted by Crippen LogP contribution is 2.62. The molecule has 0 unspecified atom stereocenters. The van der Waals surface area contributed by atoms with Crippen LogP contribution in [0, 0.1) is 16.7 Å². The molecule has 0 aromatic carbocycles. The second-order valence-corrected chi connectivity index (χ2v) is 9.86. The van der Waals surface area contributed by atoms with Gasteiger partial charge in [0, 0.05) is 52.4 Å². The molecule has 0 N–H and O–H groups in total. The Morgan fingerprint density at radius 3 is 2.35 bits per heavy atom. The zero-order valence-corrected chi connectivity index (χ0v) is 18.3. The molecule has 31 heavy (non-hydrogen) atoms. The van der Waals surface area contributed by atoms with Crippen molar-refractivity contribution in [3.05, 3.63) is 24.3 Å². The third-order valence-corrected chi connectivity index (χ3v) is 8.46.